The fourth-order valence-electron chi connectivity index (χ4n) is 5.65. The summed E-state index contributed by atoms with van der Waals surface area (Å²) in [5.74, 6) is 2.28. The number of ether oxygens (including phenoxy) is 3. The highest BCUT2D eigenvalue weighted by Gasteiger charge is 2.19. The van der Waals surface area contributed by atoms with Gasteiger partial charge >= 0.3 is 0 Å². The van der Waals surface area contributed by atoms with E-state index < -0.39 is 0 Å². The molecule has 1 heterocycles. The third kappa shape index (κ3) is 5.94. The Bertz CT molecular complexity index is 2170. The maximum absolute atomic E-state index is 14.0. The van der Waals surface area contributed by atoms with Crippen molar-refractivity contribution < 1.29 is 14.2 Å². The molecule has 0 fully saturated rings. The van der Waals surface area contributed by atoms with Crippen molar-refractivity contribution in [2.75, 3.05) is 14.2 Å². The first-order valence-electron chi connectivity index (χ1n) is 15.0. The molecule has 232 valence electrons. The lowest BCUT2D eigenvalue weighted by atomic mass is 9.96. The fourth-order valence-corrected chi connectivity index (χ4v) is 5.87. The van der Waals surface area contributed by atoms with Gasteiger partial charge < -0.3 is 14.2 Å². The van der Waals surface area contributed by atoms with Gasteiger partial charge in [0.15, 0.2) is 17.3 Å². The summed E-state index contributed by atoms with van der Waals surface area (Å²) in [5, 5.41) is 7.85. The Labute approximate surface area is 272 Å². The minimum Gasteiger partial charge on any atom is -0.496 e. The van der Waals surface area contributed by atoms with Crippen LogP contribution >= 0.6 is 11.6 Å². The highest BCUT2D eigenvalue weighted by Crippen LogP contribution is 2.36. The number of benzene rings is 5. The lowest BCUT2D eigenvalue weighted by Gasteiger charge is -2.18. The van der Waals surface area contributed by atoms with Crippen LogP contribution in [0.3, 0.4) is 0 Å². The number of rotatable bonds is 9. The third-order valence-electron chi connectivity index (χ3n) is 8.03. The van der Waals surface area contributed by atoms with E-state index in [0.717, 1.165) is 38.8 Å². The van der Waals surface area contributed by atoms with Gasteiger partial charge in [-0.05, 0) is 70.6 Å². The molecule has 0 N–H and O–H groups in total. The smallest absolute Gasteiger partial charge is 0.282 e. The van der Waals surface area contributed by atoms with Crippen molar-refractivity contribution in [3.63, 3.8) is 0 Å². The van der Waals surface area contributed by atoms with E-state index in [1.165, 1.54) is 4.68 Å². The highest BCUT2D eigenvalue weighted by molar-refractivity contribution is 6.31. The number of hydrogen-bond donors (Lipinski definition) is 0. The molecule has 6 rings (SSSR count). The van der Waals surface area contributed by atoms with E-state index in [0.29, 0.717) is 38.8 Å². The minimum atomic E-state index is -0.301. The van der Waals surface area contributed by atoms with E-state index in [2.05, 4.69) is 32.0 Å². The molecule has 46 heavy (non-hydrogen) atoms. The number of aryl methyl sites for hydroxylation is 1. The van der Waals surface area contributed by atoms with Crippen molar-refractivity contribution in [3.05, 3.63) is 129 Å². The van der Waals surface area contributed by atoms with E-state index in [9.17, 15) is 4.79 Å². The Morgan fingerprint density at radius 2 is 1.61 bits per heavy atom. The van der Waals surface area contributed by atoms with Crippen LogP contribution in [0.5, 0.6) is 17.2 Å². The van der Waals surface area contributed by atoms with Gasteiger partial charge in [0.2, 0.25) is 0 Å². The second kappa shape index (κ2) is 13.1. The molecular weight excluding hydrogens is 598 g/mol. The normalized spacial score (nSPS) is 11.5. The summed E-state index contributed by atoms with van der Waals surface area (Å²) in [4.78, 5) is 19.0. The Morgan fingerprint density at radius 3 is 2.37 bits per heavy atom. The van der Waals surface area contributed by atoms with Gasteiger partial charge in [0.25, 0.3) is 5.56 Å². The summed E-state index contributed by atoms with van der Waals surface area (Å²) < 4.78 is 19.1. The number of para-hydroxylation sites is 1. The number of nitrogens with zero attached hydrogens (tertiary/aromatic N) is 3. The van der Waals surface area contributed by atoms with Crippen molar-refractivity contribution in [2.24, 2.45) is 5.10 Å². The van der Waals surface area contributed by atoms with Crippen molar-refractivity contribution in [1.29, 1.82) is 0 Å². The van der Waals surface area contributed by atoms with E-state index in [4.69, 9.17) is 35.9 Å². The number of aromatic nitrogens is 2. The number of hydrogen-bond acceptors (Lipinski definition) is 6. The number of halogens is 1. The van der Waals surface area contributed by atoms with Gasteiger partial charge in [0.05, 0.1) is 31.3 Å². The molecule has 0 aliphatic carbocycles. The van der Waals surface area contributed by atoms with E-state index in [1.807, 2.05) is 61.5 Å². The van der Waals surface area contributed by atoms with Crippen LogP contribution in [-0.4, -0.2) is 30.1 Å². The zero-order chi connectivity index (χ0) is 32.4. The average molecular weight is 632 g/mol. The van der Waals surface area contributed by atoms with Gasteiger partial charge in [0, 0.05) is 22.2 Å². The highest BCUT2D eigenvalue weighted by atomic mass is 35.5. The summed E-state index contributed by atoms with van der Waals surface area (Å²) in [6.45, 7) is 6.45. The standard InChI is InChI=1S/C38H34ClN3O4/c1-23(2)31-20-32(24(3)17-34(31)44-4)37-41-33-16-9-8-15-30(33)38(43)42(37)40-21-27-18-28(39)19-35(45-5)36(27)46-22-26-13-10-12-25-11-6-7-14-29(25)26/h6-21,23H,22H2,1-5H3. The van der Waals surface area contributed by atoms with Gasteiger partial charge in [-0.25, -0.2) is 4.98 Å². The van der Waals surface area contributed by atoms with Crippen LogP contribution in [0.2, 0.25) is 5.02 Å². The van der Waals surface area contributed by atoms with Crippen LogP contribution in [0, 0.1) is 6.92 Å². The Kier molecular flexibility index (Phi) is 8.77. The fraction of sp³-hybridized carbons (Fsp3) is 0.184. The minimum absolute atomic E-state index is 0.179. The topological polar surface area (TPSA) is 74.9 Å². The molecular formula is C38H34ClN3O4. The Morgan fingerprint density at radius 1 is 0.891 bits per heavy atom. The maximum Gasteiger partial charge on any atom is 0.282 e. The first-order valence-corrected chi connectivity index (χ1v) is 15.4. The SMILES string of the molecule is COc1cc(C)c(-c2nc3ccccc3c(=O)n2N=Cc2cc(Cl)cc(OC)c2OCc2cccc3ccccc23)cc1C(C)C. The number of fused-ring (bicyclic) bond motifs is 2. The lowest BCUT2D eigenvalue weighted by Crippen LogP contribution is -2.21. The first kappa shape index (κ1) is 30.9. The molecule has 5 aromatic carbocycles. The summed E-state index contributed by atoms with van der Waals surface area (Å²) >= 11 is 6.52. The molecule has 0 bridgehead atoms. The summed E-state index contributed by atoms with van der Waals surface area (Å²) in [7, 11) is 3.22. The van der Waals surface area contributed by atoms with Gasteiger partial charge in [-0.2, -0.15) is 9.78 Å². The summed E-state index contributed by atoms with van der Waals surface area (Å²) in [6, 6.07) is 29.0. The summed E-state index contributed by atoms with van der Waals surface area (Å²) in [6.07, 6.45) is 1.57. The van der Waals surface area contributed by atoms with E-state index in [1.54, 1.807) is 38.6 Å². The molecule has 0 saturated heterocycles. The molecule has 1 aromatic heterocycles. The largest absolute Gasteiger partial charge is 0.496 e. The number of methoxy groups -OCH3 is 2. The Hall–Kier alpha value is -5.14. The molecule has 0 amide bonds. The van der Waals surface area contributed by atoms with Crippen molar-refractivity contribution >= 4 is 39.5 Å². The quantitative estimate of drug-likeness (QED) is 0.149. The van der Waals surface area contributed by atoms with Crippen LogP contribution in [0.15, 0.2) is 101 Å². The molecule has 0 saturated carbocycles. The van der Waals surface area contributed by atoms with Crippen LogP contribution in [0.4, 0.5) is 0 Å². The molecule has 0 unspecified atom stereocenters. The molecule has 0 aliphatic heterocycles. The van der Waals surface area contributed by atoms with Crippen LogP contribution in [0.25, 0.3) is 33.1 Å². The van der Waals surface area contributed by atoms with Crippen LogP contribution in [0.1, 0.15) is 42.0 Å². The molecule has 0 atom stereocenters. The molecule has 6 aromatic rings. The molecule has 8 heteroatoms. The predicted octanol–water partition coefficient (Wildman–Crippen LogP) is 8.78. The molecule has 0 aliphatic rings. The second-order valence-electron chi connectivity index (χ2n) is 11.3. The third-order valence-corrected chi connectivity index (χ3v) is 8.24. The zero-order valence-electron chi connectivity index (χ0n) is 26.4. The first-order chi connectivity index (χ1) is 22.3. The maximum atomic E-state index is 14.0. The van der Waals surface area contributed by atoms with Crippen molar-refractivity contribution in [3.8, 4) is 28.6 Å². The molecule has 0 spiro atoms. The lowest BCUT2D eigenvalue weighted by molar-refractivity contribution is 0.285. The van der Waals surface area contributed by atoms with Crippen LogP contribution < -0.4 is 19.8 Å². The molecule has 0 radical (unpaired) electrons. The van der Waals surface area contributed by atoms with Gasteiger partial charge in [-0.15, -0.1) is 0 Å². The van der Waals surface area contributed by atoms with Crippen LogP contribution in [-0.2, 0) is 6.61 Å². The second-order valence-corrected chi connectivity index (χ2v) is 11.8. The van der Waals surface area contributed by atoms with Crippen molar-refractivity contribution in [1.82, 2.24) is 9.66 Å². The Balaban J connectivity index is 1.49. The summed E-state index contributed by atoms with van der Waals surface area (Å²) in [5.41, 5.74) is 4.53. The van der Waals surface area contributed by atoms with Crippen molar-refractivity contribution in [2.45, 2.75) is 33.3 Å². The predicted molar refractivity (Wildman–Crippen MR) is 186 cm³/mol. The monoisotopic (exact) mass is 631 g/mol. The average Bonchev–Trinajstić information content (AvgIpc) is 3.06. The van der Waals surface area contributed by atoms with Gasteiger partial charge in [-0.1, -0.05) is 80.0 Å². The zero-order valence-corrected chi connectivity index (χ0v) is 27.1. The van der Waals surface area contributed by atoms with Gasteiger partial charge in [-0.3, -0.25) is 4.79 Å². The van der Waals surface area contributed by atoms with E-state index in [-0.39, 0.29) is 18.1 Å². The molecule has 7 nitrogen and oxygen atoms in total. The van der Waals surface area contributed by atoms with E-state index >= 15 is 0 Å². The van der Waals surface area contributed by atoms with Gasteiger partial charge in [0.1, 0.15) is 12.4 Å².